The third kappa shape index (κ3) is 5.36. The normalized spacial score (nSPS) is 10.4. The van der Waals surface area contributed by atoms with Crippen LogP contribution in [0.1, 0.15) is 24.8 Å². The Labute approximate surface area is 120 Å². The molecule has 0 aliphatic carbocycles. The van der Waals surface area contributed by atoms with Crippen LogP contribution >= 0.6 is 27.5 Å². The second-order valence-electron chi connectivity index (χ2n) is 3.98. The minimum atomic E-state index is -0.433. The molecule has 0 radical (unpaired) electrons. The number of benzene rings is 1. The number of hydrogen-bond acceptors (Lipinski definition) is 1. The molecule has 1 aromatic rings. The first-order valence-electron chi connectivity index (χ1n) is 5.90. The molecule has 0 aliphatic heterocycles. The number of carbonyl (C=O) groups excluding carboxylic acids is 1. The van der Waals surface area contributed by atoms with Gasteiger partial charge in [-0.3, -0.25) is 4.79 Å². The molecule has 0 atom stereocenters. The maximum Gasteiger partial charge on any atom is 0.224 e. The first-order chi connectivity index (χ1) is 8.65. The van der Waals surface area contributed by atoms with Crippen molar-refractivity contribution in [1.82, 2.24) is 5.32 Å². The molecule has 1 rings (SSSR count). The predicted molar refractivity (Wildman–Crippen MR) is 75.8 cm³/mol. The average molecular weight is 337 g/mol. The molecule has 1 amide bonds. The summed E-state index contributed by atoms with van der Waals surface area (Å²) in [7, 11) is 0. The standard InChI is InChI=1S/C13H16BrClFNO/c14-7-2-1-3-8-17-13(18)9-10-11(15)5-4-6-12(10)16/h4-6H,1-3,7-9H2,(H,17,18). The van der Waals surface area contributed by atoms with Gasteiger partial charge < -0.3 is 5.32 Å². The van der Waals surface area contributed by atoms with Crippen LogP contribution in [0.5, 0.6) is 0 Å². The van der Waals surface area contributed by atoms with E-state index in [0.717, 1.165) is 24.6 Å². The summed E-state index contributed by atoms with van der Waals surface area (Å²) in [5.74, 6) is -0.627. The van der Waals surface area contributed by atoms with Crippen LogP contribution in [0.25, 0.3) is 0 Å². The molecule has 0 fully saturated rings. The van der Waals surface area contributed by atoms with Gasteiger partial charge in [-0.25, -0.2) is 4.39 Å². The Balaban J connectivity index is 2.36. The van der Waals surface area contributed by atoms with Gasteiger partial charge in [0.05, 0.1) is 6.42 Å². The van der Waals surface area contributed by atoms with Gasteiger partial charge in [-0.2, -0.15) is 0 Å². The van der Waals surface area contributed by atoms with E-state index < -0.39 is 5.82 Å². The molecule has 0 saturated carbocycles. The van der Waals surface area contributed by atoms with E-state index in [9.17, 15) is 9.18 Å². The first kappa shape index (κ1) is 15.4. The average Bonchev–Trinajstić information content (AvgIpc) is 2.34. The van der Waals surface area contributed by atoms with Crippen LogP contribution in [0.15, 0.2) is 18.2 Å². The van der Waals surface area contributed by atoms with E-state index in [2.05, 4.69) is 21.2 Å². The van der Waals surface area contributed by atoms with E-state index >= 15 is 0 Å². The van der Waals surface area contributed by atoms with Gasteiger partial charge in [-0.1, -0.05) is 40.0 Å². The van der Waals surface area contributed by atoms with Gasteiger partial charge in [0.2, 0.25) is 5.91 Å². The summed E-state index contributed by atoms with van der Waals surface area (Å²) in [6.07, 6.45) is 3.08. The summed E-state index contributed by atoms with van der Waals surface area (Å²) < 4.78 is 13.4. The molecular weight excluding hydrogens is 321 g/mol. The molecule has 5 heteroatoms. The SMILES string of the molecule is O=C(Cc1c(F)cccc1Cl)NCCCCCBr. The van der Waals surface area contributed by atoms with Crippen LogP contribution in [-0.4, -0.2) is 17.8 Å². The molecule has 1 aromatic carbocycles. The number of alkyl halides is 1. The van der Waals surface area contributed by atoms with Gasteiger partial charge in [0.25, 0.3) is 0 Å². The molecule has 100 valence electrons. The van der Waals surface area contributed by atoms with Crippen molar-refractivity contribution in [2.75, 3.05) is 11.9 Å². The Morgan fingerprint density at radius 1 is 1.33 bits per heavy atom. The third-order valence-corrected chi connectivity index (χ3v) is 3.45. The van der Waals surface area contributed by atoms with Crippen molar-refractivity contribution in [1.29, 1.82) is 0 Å². The quantitative estimate of drug-likeness (QED) is 0.597. The fourth-order valence-corrected chi connectivity index (χ4v) is 2.17. The highest BCUT2D eigenvalue weighted by molar-refractivity contribution is 9.09. The van der Waals surface area contributed by atoms with E-state index in [1.165, 1.54) is 12.1 Å². The lowest BCUT2D eigenvalue weighted by Crippen LogP contribution is -2.26. The predicted octanol–water partition coefficient (Wildman–Crippen LogP) is 3.70. The maximum absolute atomic E-state index is 13.4. The largest absolute Gasteiger partial charge is 0.356 e. The van der Waals surface area contributed by atoms with Crippen molar-refractivity contribution in [3.05, 3.63) is 34.6 Å². The lowest BCUT2D eigenvalue weighted by Gasteiger charge is -2.07. The second-order valence-corrected chi connectivity index (χ2v) is 5.18. The molecule has 1 N–H and O–H groups in total. The Bertz CT molecular complexity index is 380. The zero-order valence-electron chi connectivity index (χ0n) is 10.0. The second kappa shape index (κ2) is 8.48. The summed E-state index contributed by atoms with van der Waals surface area (Å²) in [5.41, 5.74) is 0.261. The Hall–Kier alpha value is -0.610. The van der Waals surface area contributed by atoms with Crippen LogP contribution in [0, 0.1) is 5.82 Å². The van der Waals surface area contributed by atoms with Gasteiger partial charge in [0.1, 0.15) is 5.82 Å². The van der Waals surface area contributed by atoms with Gasteiger partial charge in [0, 0.05) is 22.5 Å². The van der Waals surface area contributed by atoms with Gasteiger partial charge in [-0.05, 0) is 25.0 Å². The van der Waals surface area contributed by atoms with Gasteiger partial charge in [0.15, 0.2) is 0 Å². The molecule has 0 unspecified atom stereocenters. The topological polar surface area (TPSA) is 29.1 Å². The van der Waals surface area contributed by atoms with Gasteiger partial charge >= 0.3 is 0 Å². The van der Waals surface area contributed by atoms with E-state index in [1.54, 1.807) is 6.07 Å². The zero-order chi connectivity index (χ0) is 13.4. The lowest BCUT2D eigenvalue weighted by molar-refractivity contribution is -0.120. The highest BCUT2D eigenvalue weighted by Gasteiger charge is 2.11. The number of nitrogens with one attached hydrogen (secondary N) is 1. The third-order valence-electron chi connectivity index (χ3n) is 2.53. The summed E-state index contributed by atoms with van der Waals surface area (Å²) in [6, 6.07) is 4.42. The molecule has 0 aromatic heterocycles. The molecule has 0 heterocycles. The van der Waals surface area contributed by atoms with Crippen LogP contribution in [0.4, 0.5) is 4.39 Å². The van der Waals surface area contributed by atoms with Crippen LogP contribution < -0.4 is 5.32 Å². The van der Waals surface area contributed by atoms with Crippen molar-refractivity contribution < 1.29 is 9.18 Å². The number of rotatable bonds is 7. The minimum absolute atomic E-state index is 0.00997. The van der Waals surface area contributed by atoms with Crippen LogP contribution in [0.2, 0.25) is 5.02 Å². The Morgan fingerprint density at radius 3 is 2.78 bits per heavy atom. The van der Waals surface area contributed by atoms with E-state index in [0.29, 0.717) is 11.6 Å². The van der Waals surface area contributed by atoms with Crippen molar-refractivity contribution in [3.8, 4) is 0 Å². The Morgan fingerprint density at radius 2 is 2.11 bits per heavy atom. The summed E-state index contributed by atoms with van der Waals surface area (Å²) in [6.45, 7) is 0.623. The lowest BCUT2D eigenvalue weighted by atomic mass is 10.1. The molecular formula is C13H16BrClFNO. The molecule has 0 spiro atoms. The molecule has 0 aliphatic rings. The van der Waals surface area contributed by atoms with Crippen LogP contribution in [-0.2, 0) is 11.2 Å². The first-order valence-corrected chi connectivity index (χ1v) is 7.40. The number of unbranched alkanes of at least 4 members (excludes halogenated alkanes) is 2. The summed E-state index contributed by atoms with van der Waals surface area (Å²) in [5, 5.41) is 4.04. The van der Waals surface area contributed by atoms with Gasteiger partial charge in [-0.15, -0.1) is 0 Å². The van der Waals surface area contributed by atoms with E-state index in [4.69, 9.17) is 11.6 Å². The fourth-order valence-electron chi connectivity index (χ4n) is 1.55. The monoisotopic (exact) mass is 335 g/mol. The molecule has 2 nitrogen and oxygen atoms in total. The van der Waals surface area contributed by atoms with Crippen molar-refractivity contribution in [2.45, 2.75) is 25.7 Å². The molecule has 0 saturated heterocycles. The minimum Gasteiger partial charge on any atom is -0.356 e. The van der Waals surface area contributed by atoms with E-state index in [-0.39, 0.29) is 17.9 Å². The Kier molecular flexibility index (Phi) is 7.28. The highest BCUT2D eigenvalue weighted by Crippen LogP contribution is 2.19. The van der Waals surface area contributed by atoms with Crippen molar-refractivity contribution >= 4 is 33.4 Å². The number of carbonyl (C=O) groups is 1. The number of hydrogen-bond donors (Lipinski definition) is 1. The summed E-state index contributed by atoms with van der Waals surface area (Å²) in [4.78, 5) is 11.6. The molecule has 18 heavy (non-hydrogen) atoms. The van der Waals surface area contributed by atoms with Crippen LogP contribution in [0.3, 0.4) is 0 Å². The molecule has 0 bridgehead atoms. The summed E-state index contributed by atoms with van der Waals surface area (Å²) >= 11 is 9.20. The highest BCUT2D eigenvalue weighted by atomic mass is 79.9. The van der Waals surface area contributed by atoms with Crippen molar-refractivity contribution in [2.24, 2.45) is 0 Å². The van der Waals surface area contributed by atoms with Crippen molar-refractivity contribution in [3.63, 3.8) is 0 Å². The van der Waals surface area contributed by atoms with E-state index in [1.807, 2.05) is 0 Å². The maximum atomic E-state index is 13.4. The number of halogens is 3. The zero-order valence-corrected chi connectivity index (χ0v) is 12.4. The number of amides is 1. The fraction of sp³-hybridized carbons (Fsp3) is 0.462. The smallest absolute Gasteiger partial charge is 0.224 e.